The molecule has 0 saturated carbocycles. The maximum atomic E-state index is 5.60. The van der Waals surface area contributed by atoms with Crippen molar-refractivity contribution in [2.24, 2.45) is 0 Å². The summed E-state index contributed by atoms with van der Waals surface area (Å²) in [6.07, 6.45) is 6.66. The lowest BCUT2D eigenvalue weighted by Crippen LogP contribution is -2.25. The highest BCUT2D eigenvalue weighted by molar-refractivity contribution is 5.52. The van der Waals surface area contributed by atoms with Gasteiger partial charge in [-0.2, -0.15) is 20.1 Å². The van der Waals surface area contributed by atoms with E-state index in [0.717, 1.165) is 40.8 Å². The summed E-state index contributed by atoms with van der Waals surface area (Å²) in [6, 6.07) is 32.4. The molecule has 3 aromatic heterocycles. The highest BCUT2D eigenvalue weighted by Gasteiger charge is 2.20. The third kappa shape index (κ3) is 14.8. The molecule has 1 aliphatic heterocycles. The van der Waals surface area contributed by atoms with Gasteiger partial charge in [0.2, 0.25) is 5.88 Å². The summed E-state index contributed by atoms with van der Waals surface area (Å²) in [6.45, 7) is 30.2. The lowest BCUT2D eigenvalue weighted by molar-refractivity contribution is -0.532. The van der Waals surface area contributed by atoms with Gasteiger partial charge in [0.25, 0.3) is 0 Å². The van der Waals surface area contributed by atoms with Crippen LogP contribution in [0.1, 0.15) is 152 Å². The van der Waals surface area contributed by atoms with Crippen LogP contribution in [0, 0.1) is 13.8 Å². The fourth-order valence-electron chi connectivity index (χ4n) is 6.74. The van der Waals surface area contributed by atoms with E-state index in [1.165, 1.54) is 41.8 Å². The number of aryl methyl sites for hydroxylation is 2. The summed E-state index contributed by atoms with van der Waals surface area (Å²) in [5.74, 6) is 4.48. The molecule has 0 spiro atoms. The summed E-state index contributed by atoms with van der Waals surface area (Å²) >= 11 is 0. The van der Waals surface area contributed by atoms with Crippen LogP contribution in [-0.4, -0.2) is 54.2 Å². The Kier molecular flexibility index (Phi) is 18.0. The van der Waals surface area contributed by atoms with Gasteiger partial charge in [-0.25, -0.2) is 9.56 Å². The highest BCUT2D eigenvalue weighted by atomic mass is 16.5. The minimum Gasteiger partial charge on any atom is -0.496 e. The van der Waals surface area contributed by atoms with Gasteiger partial charge in [-0.05, 0) is 112 Å². The van der Waals surface area contributed by atoms with Crippen LogP contribution >= 0.6 is 0 Å². The molecule has 0 fully saturated rings. The average Bonchev–Trinajstić information content (AvgIpc) is 4.00. The number of rotatable bonds is 10. The van der Waals surface area contributed by atoms with Crippen LogP contribution in [0.4, 0.5) is 0 Å². The van der Waals surface area contributed by atoms with Crippen molar-refractivity contribution in [3.8, 4) is 23.1 Å². The second-order valence-corrected chi connectivity index (χ2v) is 17.9. The molecule has 0 saturated heterocycles. The molecule has 1 aliphatic rings. The van der Waals surface area contributed by atoms with E-state index in [9.17, 15) is 0 Å². The number of hydrogen-bond donors (Lipinski definition) is 0. The van der Waals surface area contributed by atoms with Crippen molar-refractivity contribution < 1.29 is 14.0 Å². The Balaban J connectivity index is 0.000000180. The van der Waals surface area contributed by atoms with Gasteiger partial charge in [-0.1, -0.05) is 104 Å². The van der Waals surface area contributed by atoms with Crippen LogP contribution in [-0.2, 0) is 12.1 Å². The van der Waals surface area contributed by atoms with Crippen LogP contribution in [0.2, 0.25) is 0 Å². The fraction of sp³-hybridized carbons (Fsp3) is 0.442. The maximum Gasteiger partial charge on any atom is 0.219 e. The Hall–Kier alpha value is -5.57. The van der Waals surface area contributed by atoms with Gasteiger partial charge >= 0.3 is 0 Å². The summed E-state index contributed by atoms with van der Waals surface area (Å²) in [5, 5.41) is 13.4. The van der Waals surface area contributed by atoms with Crippen molar-refractivity contribution in [3.05, 3.63) is 143 Å². The Morgan fingerprint density at radius 1 is 0.705 bits per heavy atom. The van der Waals surface area contributed by atoms with E-state index in [1.807, 2.05) is 86.8 Å². The van der Waals surface area contributed by atoms with E-state index < -0.39 is 0 Å². The van der Waals surface area contributed by atoms with E-state index in [-0.39, 0.29) is 5.54 Å². The van der Waals surface area contributed by atoms with Crippen molar-refractivity contribution >= 4 is 6.21 Å². The SMILES string of the molecule is CC(C)c1ccc(Oc2ccccc2)nc1.COc1cc(C(C)C)ccc1C[N+]1=CCCC1.Cc1cc(C(C)C)n(C(C)(C)C)n1.Cc1nn(-c2ccccc2)nc1C(C)C. The highest BCUT2D eigenvalue weighted by Crippen LogP contribution is 2.26. The number of hydrogen-bond acceptors (Lipinski definition) is 6. The zero-order chi connectivity index (χ0) is 44.7. The van der Waals surface area contributed by atoms with Gasteiger partial charge in [-0.3, -0.25) is 4.68 Å². The van der Waals surface area contributed by atoms with Gasteiger partial charge in [0.1, 0.15) is 24.3 Å². The van der Waals surface area contributed by atoms with Crippen molar-refractivity contribution in [2.75, 3.05) is 13.7 Å². The summed E-state index contributed by atoms with van der Waals surface area (Å²) in [7, 11) is 1.76. The number of pyridine rings is 1. The van der Waals surface area contributed by atoms with Crippen LogP contribution in [0.15, 0.2) is 103 Å². The van der Waals surface area contributed by atoms with Crippen LogP contribution < -0.4 is 9.47 Å². The molecule has 0 bridgehead atoms. The Morgan fingerprint density at radius 3 is 1.84 bits per heavy atom. The van der Waals surface area contributed by atoms with Crippen molar-refractivity contribution in [3.63, 3.8) is 0 Å². The molecule has 9 nitrogen and oxygen atoms in total. The summed E-state index contributed by atoms with van der Waals surface area (Å²) in [5.41, 5.74) is 9.46. The van der Waals surface area contributed by atoms with Gasteiger partial charge in [-0.15, -0.1) is 0 Å². The molecule has 0 atom stereocenters. The fourth-order valence-corrected chi connectivity index (χ4v) is 6.74. The molecule has 3 aromatic carbocycles. The monoisotopic (exact) mass is 827 g/mol. The van der Waals surface area contributed by atoms with Crippen LogP contribution in [0.5, 0.6) is 17.4 Å². The zero-order valence-corrected chi connectivity index (χ0v) is 39.5. The maximum absolute atomic E-state index is 5.60. The zero-order valence-electron chi connectivity index (χ0n) is 39.5. The molecule has 7 rings (SSSR count). The minimum absolute atomic E-state index is 0.0911. The first-order chi connectivity index (χ1) is 29.0. The van der Waals surface area contributed by atoms with Crippen LogP contribution in [0.3, 0.4) is 0 Å². The molecular weight excluding hydrogens is 755 g/mol. The van der Waals surface area contributed by atoms with Gasteiger partial charge < -0.3 is 9.47 Å². The summed E-state index contributed by atoms with van der Waals surface area (Å²) < 4.78 is 15.6. The quantitative estimate of drug-likeness (QED) is 0.128. The van der Waals surface area contributed by atoms with E-state index in [1.54, 1.807) is 11.9 Å². The predicted octanol–water partition coefficient (Wildman–Crippen LogP) is 13.0. The third-order valence-corrected chi connectivity index (χ3v) is 10.2. The third-order valence-electron chi connectivity index (χ3n) is 10.2. The molecular formula is C52H72N7O2+. The van der Waals surface area contributed by atoms with E-state index in [2.05, 4.69) is 142 Å². The molecule has 6 aromatic rings. The van der Waals surface area contributed by atoms with Gasteiger partial charge in [0, 0.05) is 30.8 Å². The molecule has 61 heavy (non-hydrogen) atoms. The van der Waals surface area contributed by atoms with E-state index >= 15 is 0 Å². The lowest BCUT2D eigenvalue weighted by atomic mass is 10.0. The average molecular weight is 827 g/mol. The Morgan fingerprint density at radius 2 is 1.34 bits per heavy atom. The Labute approximate surface area is 366 Å². The smallest absolute Gasteiger partial charge is 0.219 e. The molecule has 0 amide bonds. The largest absolute Gasteiger partial charge is 0.496 e. The van der Waals surface area contributed by atoms with Crippen molar-refractivity contribution in [1.29, 1.82) is 0 Å². The molecule has 0 unspecified atom stereocenters. The molecule has 0 N–H and O–H groups in total. The first-order valence-electron chi connectivity index (χ1n) is 22.0. The van der Waals surface area contributed by atoms with Crippen molar-refractivity contribution in [1.82, 2.24) is 29.8 Å². The second-order valence-electron chi connectivity index (χ2n) is 17.9. The van der Waals surface area contributed by atoms with Gasteiger partial charge in [0.05, 0.1) is 41.0 Å². The number of ether oxygens (including phenoxy) is 2. The predicted molar refractivity (Wildman–Crippen MR) is 252 cm³/mol. The summed E-state index contributed by atoms with van der Waals surface area (Å²) in [4.78, 5) is 5.97. The lowest BCUT2D eigenvalue weighted by Gasteiger charge is -2.23. The number of methoxy groups -OCH3 is 1. The number of aromatic nitrogens is 6. The molecule has 9 heteroatoms. The first-order valence-corrected chi connectivity index (χ1v) is 22.0. The molecule has 326 valence electrons. The number of para-hydroxylation sites is 2. The van der Waals surface area contributed by atoms with E-state index in [4.69, 9.17) is 9.47 Å². The van der Waals surface area contributed by atoms with Crippen LogP contribution in [0.25, 0.3) is 5.69 Å². The van der Waals surface area contributed by atoms with Gasteiger partial charge in [0.15, 0.2) is 6.54 Å². The Bertz CT molecular complexity index is 2230. The molecule has 0 radical (unpaired) electrons. The minimum atomic E-state index is 0.0911. The standard InChI is InChI=1S/C15H22NO.C14H15NO.C12H15N3.C11H20N2/c1-12(2)13-6-7-14(15(10-13)17-3)11-16-8-4-5-9-16;1-11(2)12-8-9-14(15-10-12)16-13-6-4-3-5-7-13;1-9(2)12-10(3)13-15(14-12)11-7-5-4-6-8-11;1-8(2)10-7-9(3)12-13(10)11(4,5)6/h6-8,10,12H,4-5,9,11H2,1-3H3;3-11H,1-2H3;4-9H,1-3H3;7-8H,1-6H3/q+1;;;. The molecule has 0 aliphatic carbocycles. The first kappa shape index (κ1) is 48.1. The number of benzene rings is 3. The van der Waals surface area contributed by atoms with Crippen molar-refractivity contribution in [2.45, 2.75) is 139 Å². The molecule has 4 heterocycles. The second kappa shape index (κ2) is 22.9. The topological polar surface area (TPSA) is 82.9 Å². The normalized spacial score (nSPS) is 12.3. The number of nitrogens with zero attached hydrogens (tertiary/aromatic N) is 7. The van der Waals surface area contributed by atoms with E-state index in [0.29, 0.717) is 29.6 Å².